The van der Waals surface area contributed by atoms with Crippen molar-refractivity contribution in [3.05, 3.63) is 0 Å². The summed E-state index contributed by atoms with van der Waals surface area (Å²) in [6, 6.07) is 0. The van der Waals surface area contributed by atoms with Crippen LogP contribution < -0.4 is 0 Å². The molecule has 4 aliphatic carbocycles. The Balaban J connectivity index is 1.52. The molecule has 9 atom stereocenters. The molecule has 4 saturated carbocycles. The largest absolute Gasteiger partial charge is 0.300 e. The Morgan fingerprint density at radius 2 is 1.67 bits per heavy atom. The molecule has 0 spiro atoms. The lowest BCUT2D eigenvalue weighted by molar-refractivity contribution is -0.161. The Hall–Kier alpha value is -0.660. The molecule has 2 nitrogen and oxygen atoms in total. The van der Waals surface area contributed by atoms with Gasteiger partial charge >= 0.3 is 0 Å². The fourth-order valence-corrected chi connectivity index (χ4v) is 8.89. The van der Waals surface area contributed by atoms with Crippen LogP contribution in [-0.4, -0.2) is 11.6 Å². The number of Topliss-reactive ketones (excluding diaryl/α,β-unsaturated/α-hetero) is 2. The third kappa shape index (κ3) is 3.53. The van der Waals surface area contributed by atoms with E-state index in [-0.39, 0.29) is 16.7 Å². The quantitative estimate of drug-likeness (QED) is 0.480. The van der Waals surface area contributed by atoms with Crippen LogP contribution in [0.1, 0.15) is 106 Å². The lowest BCUT2D eigenvalue weighted by Crippen LogP contribution is -2.57. The summed E-state index contributed by atoms with van der Waals surface area (Å²) in [5.41, 5.74) is 0.304. The number of rotatable bonds is 5. The molecule has 0 N–H and O–H groups in total. The molecular formula is C28H46O2. The Labute approximate surface area is 185 Å². The number of carbonyl (C=O) groups excluding carboxylic acids is 2. The molecule has 0 saturated heterocycles. The van der Waals surface area contributed by atoms with E-state index in [1.807, 2.05) is 0 Å². The highest BCUT2D eigenvalue weighted by Crippen LogP contribution is 2.67. The maximum Gasteiger partial charge on any atom is 0.137 e. The monoisotopic (exact) mass is 414 g/mol. The van der Waals surface area contributed by atoms with Crippen LogP contribution in [0.5, 0.6) is 0 Å². The molecule has 0 aromatic rings. The van der Waals surface area contributed by atoms with E-state index in [1.165, 1.54) is 38.5 Å². The van der Waals surface area contributed by atoms with Gasteiger partial charge in [0.05, 0.1) is 0 Å². The normalized spacial score (nSPS) is 45.6. The van der Waals surface area contributed by atoms with E-state index >= 15 is 0 Å². The third-order valence-corrected chi connectivity index (χ3v) is 11.1. The van der Waals surface area contributed by atoms with Gasteiger partial charge in [0.2, 0.25) is 0 Å². The van der Waals surface area contributed by atoms with Gasteiger partial charge in [-0.05, 0) is 84.4 Å². The van der Waals surface area contributed by atoms with Crippen LogP contribution in [-0.2, 0) is 9.59 Å². The molecule has 4 fully saturated rings. The van der Waals surface area contributed by atoms with Gasteiger partial charge in [0.1, 0.15) is 11.6 Å². The highest BCUT2D eigenvalue weighted by Gasteiger charge is 2.63. The van der Waals surface area contributed by atoms with Gasteiger partial charge in [-0.15, -0.1) is 0 Å². The molecule has 0 radical (unpaired) electrons. The topological polar surface area (TPSA) is 34.1 Å². The highest BCUT2D eigenvalue weighted by atomic mass is 16.1. The number of ketones is 2. The molecule has 0 amide bonds. The van der Waals surface area contributed by atoms with Crippen LogP contribution >= 0.6 is 0 Å². The van der Waals surface area contributed by atoms with Crippen LogP contribution in [0.3, 0.4) is 0 Å². The maximum absolute atomic E-state index is 13.8. The Morgan fingerprint density at radius 1 is 0.933 bits per heavy atom. The zero-order valence-corrected chi connectivity index (χ0v) is 20.5. The van der Waals surface area contributed by atoms with Gasteiger partial charge in [0.25, 0.3) is 0 Å². The predicted octanol–water partition coefficient (Wildman–Crippen LogP) is 7.10. The van der Waals surface area contributed by atoms with Crippen molar-refractivity contribution in [1.29, 1.82) is 0 Å². The molecular weight excluding hydrogens is 368 g/mol. The van der Waals surface area contributed by atoms with Crippen molar-refractivity contribution < 1.29 is 9.59 Å². The van der Waals surface area contributed by atoms with Gasteiger partial charge in [-0.2, -0.15) is 0 Å². The average Bonchev–Trinajstić information content (AvgIpc) is 3.02. The summed E-state index contributed by atoms with van der Waals surface area (Å²) in [5.74, 6) is 6.00. The van der Waals surface area contributed by atoms with Crippen molar-refractivity contribution in [3.8, 4) is 0 Å². The first kappa shape index (κ1) is 22.5. The molecule has 170 valence electrons. The second-order valence-electron chi connectivity index (χ2n) is 12.9. The zero-order chi connectivity index (χ0) is 21.8. The van der Waals surface area contributed by atoms with E-state index in [2.05, 4.69) is 41.5 Å². The van der Waals surface area contributed by atoms with Gasteiger partial charge in [0.15, 0.2) is 0 Å². The summed E-state index contributed by atoms with van der Waals surface area (Å²) in [5, 5.41) is 0. The predicted molar refractivity (Wildman–Crippen MR) is 123 cm³/mol. The summed E-state index contributed by atoms with van der Waals surface area (Å²) in [6.45, 7) is 14.4. The maximum atomic E-state index is 13.8. The summed E-state index contributed by atoms with van der Waals surface area (Å²) >= 11 is 0. The second kappa shape index (κ2) is 8.04. The van der Waals surface area contributed by atoms with Crippen LogP contribution in [0.25, 0.3) is 0 Å². The van der Waals surface area contributed by atoms with Crippen LogP contribution in [0.4, 0.5) is 0 Å². The van der Waals surface area contributed by atoms with E-state index in [9.17, 15) is 9.59 Å². The van der Waals surface area contributed by atoms with E-state index in [1.54, 1.807) is 0 Å². The molecule has 0 heterocycles. The van der Waals surface area contributed by atoms with Crippen LogP contribution in [0, 0.1) is 58.2 Å². The average molecular weight is 415 g/mol. The summed E-state index contributed by atoms with van der Waals surface area (Å²) < 4.78 is 0. The zero-order valence-electron chi connectivity index (χ0n) is 20.5. The Bertz CT molecular complexity index is 680. The summed E-state index contributed by atoms with van der Waals surface area (Å²) in [6.07, 6.45) is 10.9. The molecule has 6 unspecified atom stereocenters. The van der Waals surface area contributed by atoms with E-state index in [4.69, 9.17) is 0 Å². The first-order valence-corrected chi connectivity index (χ1v) is 13.1. The Morgan fingerprint density at radius 3 is 2.37 bits per heavy atom. The first-order valence-electron chi connectivity index (χ1n) is 13.1. The van der Waals surface area contributed by atoms with E-state index < -0.39 is 0 Å². The van der Waals surface area contributed by atoms with E-state index in [0.29, 0.717) is 35.7 Å². The van der Waals surface area contributed by atoms with Crippen molar-refractivity contribution in [1.82, 2.24) is 0 Å². The van der Waals surface area contributed by atoms with Crippen molar-refractivity contribution in [2.75, 3.05) is 0 Å². The Kier molecular flexibility index (Phi) is 6.04. The molecule has 4 rings (SSSR count). The van der Waals surface area contributed by atoms with Gasteiger partial charge in [-0.3, -0.25) is 9.59 Å². The van der Waals surface area contributed by atoms with Gasteiger partial charge in [-0.1, -0.05) is 54.4 Å². The molecule has 0 bridgehead atoms. The van der Waals surface area contributed by atoms with E-state index in [0.717, 1.165) is 42.9 Å². The lowest BCUT2D eigenvalue weighted by Gasteiger charge is -2.59. The van der Waals surface area contributed by atoms with Crippen molar-refractivity contribution in [2.45, 2.75) is 106 Å². The SMILES string of the molecule is CC(C)[C@@H](C)CC[C@@H](C)C1CCC2C3CC[C@H]4CC(=O)CCC4(C)C3C(=O)CC21C. The fraction of sp³-hybridized carbons (Fsp3) is 0.929. The second-order valence-corrected chi connectivity index (χ2v) is 12.9. The fourth-order valence-electron chi connectivity index (χ4n) is 8.89. The standard InChI is InChI=1S/C28H46O2/c1-17(2)18(3)7-8-19(4)23-11-12-24-22-10-9-20-15-21(29)13-14-27(20,5)26(22)25(30)16-28(23,24)6/h17-20,22-24,26H,7-16H2,1-6H3/t18-,19+,20-,22?,23?,24?,26?,27?,28?/m0/s1. The van der Waals surface area contributed by atoms with Gasteiger partial charge in [-0.25, -0.2) is 0 Å². The molecule has 0 aromatic carbocycles. The van der Waals surface area contributed by atoms with Crippen molar-refractivity contribution in [3.63, 3.8) is 0 Å². The smallest absolute Gasteiger partial charge is 0.137 e. The molecule has 4 aliphatic rings. The third-order valence-electron chi connectivity index (χ3n) is 11.1. The molecule has 0 aromatic heterocycles. The van der Waals surface area contributed by atoms with Gasteiger partial charge < -0.3 is 0 Å². The first-order chi connectivity index (χ1) is 14.1. The molecule has 30 heavy (non-hydrogen) atoms. The number of hydrogen-bond acceptors (Lipinski definition) is 2. The number of fused-ring (bicyclic) bond motifs is 5. The molecule has 0 aliphatic heterocycles. The van der Waals surface area contributed by atoms with Crippen molar-refractivity contribution in [2.24, 2.45) is 58.2 Å². The minimum absolute atomic E-state index is 0.0889. The minimum atomic E-state index is 0.0889. The lowest BCUT2D eigenvalue weighted by atomic mass is 9.44. The van der Waals surface area contributed by atoms with Crippen LogP contribution in [0.15, 0.2) is 0 Å². The highest BCUT2D eigenvalue weighted by molar-refractivity contribution is 5.85. The summed E-state index contributed by atoms with van der Waals surface area (Å²) in [7, 11) is 0. The number of hydrogen-bond donors (Lipinski definition) is 0. The van der Waals surface area contributed by atoms with Crippen LogP contribution in [0.2, 0.25) is 0 Å². The minimum Gasteiger partial charge on any atom is -0.300 e. The van der Waals surface area contributed by atoms with Crippen molar-refractivity contribution >= 4 is 11.6 Å². The number of carbonyl (C=O) groups is 2. The molecule has 2 heteroatoms. The van der Waals surface area contributed by atoms with Gasteiger partial charge in [0, 0.05) is 25.2 Å². The summed E-state index contributed by atoms with van der Waals surface area (Å²) in [4.78, 5) is 25.9.